The van der Waals surface area contributed by atoms with E-state index in [0.29, 0.717) is 16.8 Å². The van der Waals surface area contributed by atoms with Crippen LogP contribution in [0.2, 0.25) is 5.02 Å². The van der Waals surface area contributed by atoms with Crippen LogP contribution < -0.4 is 10.6 Å². The predicted molar refractivity (Wildman–Crippen MR) is 79.9 cm³/mol. The van der Waals surface area contributed by atoms with Gasteiger partial charge in [-0.25, -0.2) is 9.97 Å². The third-order valence-electron chi connectivity index (χ3n) is 3.77. The summed E-state index contributed by atoms with van der Waals surface area (Å²) in [6.07, 6.45) is 7.31. The molecule has 1 aliphatic heterocycles. The van der Waals surface area contributed by atoms with Crippen LogP contribution in [0.5, 0.6) is 0 Å². The molecule has 0 radical (unpaired) electrons. The Labute approximate surface area is 122 Å². The van der Waals surface area contributed by atoms with E-state index in [1.54, 1.807) is 0 Å². The molecule has 1 fully saturated rings. The van der Waals surface area contributed by atoms with E-state index in [1.165, 1.54) is 11.9 Å². The summed E-state index contributed by atoms with van der Waals surface area (Å²) in [7, 11) is 0. The Morgan fingerprint density at radius 3 is 2.55 bits per heavy atom. The molecule has 3 heterocycles. The van der Waals surface area contributed by atoms with Crippen molar-refractivity contribution in [2.45, 2.75) is 18.8 Å². The summed E-state index contributed by atoms with van der Waals surface area (Å²) in [4.78, 5) is 14.4. The topological polar surface area (TPSA) is 67.9 Å². The molecule has 0 aliphatic carbocycles. The zero-order chi connectivity index (χ0) is 13.9. The average Bonchev–Trinajstić information content (AvgIpc) is 2.51. The maximum absolute atomic E-state index is 6.18. The zero-order valence-corrected chi connectivity index (χ0v) is 11.8. The van der Waals surface area contributed by atoms with Crippen LogP contribution in [0.25, 0.3) is 0 Å². The fraction of sp³-hybridized carbons (Fsp3) is 0.357. The van der Waals surface area contributed by atoms with Gasteiger partial charge in [-0.15, -0.1) is 0 Å². The van der Waals surface area contributed by atoms with Crippen molar-refractivity contribution < 1.29 is 0 Å². The van der Waals surface area contributed by atoms with E-state index in [0.717, 1.165) is 31.7 Å². The van der Waals surface area contributed by atoms with Gasteiger partial charge in [-0.05, 0) is 36.5 Å². The maximum Gasteiger partial charge on any atom is 0.153 e. The van der Waals surface area contributed by atoms with Crippen molar-refractivity contribution in [2.75, 3.05) is 23.7 Å². The standard InChI is InChI=1S/C14H16ClN5/c15-12-13(16)18-9-19-14(12)20-7-3-11(4-8-20)10-1-5-17-6-2-10/h1-2,5-6,9,11H,3-4,7-8H2,(H2,16,18,19). The molecule has 0 unspecified atom stereocenters. The van der Waals surface area contributed by atoms with Crippen molar-refractivity contribution in [3.63, 3.8) is 0 Å². The molecule has 5 nitrogen and oxygen atoms in total. The average molecular weight is 290 g/mol. The van der Waals surface area contributed by atoms with Crippen molar-refractivity contribution in [3.8, 4) is 0 Å². The second-order valence-electron chi connectivity index (χ2n) is 4.94. The highest BCUT2D eigenvalue weighted by atomic mass is 35.5. The minimum Gasteiger partial charge on any atom is -0.382 e. The van der Waals surface area contributed by atoms with Gasteiger partial charge in [0.2, 0.25) is 0 Å². The van der Waals surface area contributed by atoms with Gasteiger partial charge in [-0.2, -0.15) is 0 Å². The lowest BCUT2D eigenvalue weighted by molar-refractivity contribution is 0.502. The van der Waals surface area contributed by atoms with Crippen molar-refractivity contribution in [1.29, 1.82) is 0 Å². The molecule has 0 aromatic carbocycles. The number of anilines is 2. The summed E-state index contributed by atoms with van der Waals surface area (Å²) >= 11 is 6.18. The molecule has 1 aliphatic rings. The molecule has 2 aromatic heterocycles. The van der Waals surface area contributed by atoms with Gasteiger partial charge in [-0.3, -0.25) is 4.98 Å². The van der Waals surface area contributed by atoms with Gasteiger partial charge in [0.25, 0.3) is 0 Å². The number of nitrogens with two attached hydrogens (primary N) is 1. The minimum atomic E-state index is 0.341. The number of hydrogen-bond acceptors (Lipinski definition) is 5. The molecule has 0 atom stereocenters. The second kappa shape index (κ2) is 5.63. The van der Waals surface area contributed by atoms with Gasteiger partial charge in [0, 0.05) is 25.5 Å². The summed E-state index contributed by atoms with van der Waals surface area (Å²) in [6, 6.07) is 4.19. The van der Waals surface area contributed by atoms with Gasteiger partial charge < -0.3 is 10.6 Å². The Kier molecular flexibility index (Phi) is 3.69. The van der Waals surface area contributed by atoms with Crippen molar-refractivity contribution >= 4 is 23.2 Å². The molecule has 2 N–H and O–H groups in total. The molecular formula is C14H16ClN5. The van der Waals surface area contributed by atoms with Crippen molar-refractivity contribution in [3.05, 3.63) is 41.4 Å². The van der Waals surface area contributed by atoms with Crippen LogP contribution >= 0.6 is 11.6 Å². The van der Waals surface area contributed by atoms with E-state index in [-0.39, 0.29) is 0 Å². The van der Waals surface area contributed by atoms with Crippen LogP contribution in [-0.2, 0) is 0 Å². The Morgan fingerprint density at radius 2 is 1.85 bits per heavy atom. The van der Waals surface area contributed by atoms with Crippen LogP contribution in [0.3, 0.4) is 0 Å². The first-order valence-corrected chi connectivity index (χ1v) is 7.04. The molecule has 0 spiro atoms. The van der Waals surface area contributed by atoms with E-state index in [9.17, 15) is 0 Å². The largest absolute Gasteiger partial charge is 0.382 e. The highest BCUT2D eigenvalue weighted by Crippen LogP contribution is 2.33. The molecule has 104 valence electrons. The SMILES string of the molecule is Nc1ncnc(N2CCC(c3ccncc3)CC2)c1Cl. The van der Waals surface area contributed by atoms with Crippen LogP contribution in [0.4, 0.5) is 11.6 Å². The van der Waals surface area contributed by atoms with Crippen LogP contribution in [0.1, 0.15) is 24.3 Å². The van der Waals surface area contributed by atoms with Crippen molar-refractivity contribution in [1.82, 2.24) is 15.0 Å². The van der Waals surface area contributed by atoms with Gasteiger partial charge in [0.05, 0.1) is 0 Å². The third kappa shape index (κ3) is 2.54. The highest BCUT2D eigenvalue weighted by Gasteiger charge is 2.23. The number of pyridine rings is 1. The quantitative estimate of drug-likeness (QED) is 0.920. The molecular weight excluding hydrogens is 274 g/mol. The lowest BCUT2D eigenvalue weighted by Gasteiger charge is -2.33. The number of rotatable bonds is 2. The van der Waals surface area contributed by atoms with Gasteiger partial charge in [0.1, 0.15) is 17.2 Å². The maximum atomic E-state index is 6.18. The predicted octanol–water partition coefficient (Wildman–Crippen LogP) is 2.49. The monoisotopic (exact) mass is 289 g/mol. The van der Waals surface area contributed by atoms with Crippen LogP contribution in [0, 0.1) is 0 Å². The molecule has 0 amide bonds. The smallest absolute Gasteiger partial charge is 0.153 e. The van der Waals surface area contributed by atoms with E-state index >= 15 is 0 Å². The Morgan fingerprint density at radius 1 is 1.15 bits per heavy atom. The zero-order valence-electron chi connectivity index (χ0n) is 11.0. The van der Waals surface area contributed by atoms with Gasteiger partial charge >= 0.3 is 0 Å². The number of hydrogen-bond donors (Lipinski definition) is 1. The number of nitrogens with zero attached hydrogens (tertiary/aromatic N) is 4. The lowest BCUT2D eigenvalue weighted by Crippen LogP contribution is -2.33. The second-order valence-corrected chi connectivity index (χ2v) is 5.32. The van der Waals surface area contributed by atoms with Crippen molar-refractivity contribution in [2.24, 2.45) is 0 Å². The molecule has 3 rings (SSSR count). The summed E-state index contributed by atoms with van der Waals surface area (Å²) in [5, 5.41) is 0.454. The first-order valence-electron chi connectivity index (χ1n) is 6.66. The molecule has 0 bridgehead atoms. The molecule has 0 saturated carbocycles. The van der Waals surface area contributed by atoms with E-state index < -0.39 is 0 Å². The summed E-state index contributed by atoms with van der Waals surface area (Å²) < 4.78 is 0. The van der Waals surface area contributed by atoms with Crippen LogP contribution in [0.15, 0.2) is 30.9 Å². The summed E-state index contributed by atoms with van der Waals surface area (Å²) in [5.41, 5.74) is 7.08. The fourth-order valence-electron chi connectivity index (χ4n) is 2.65. The highest BCUT2D eigenvalue weighted by molar-refractivity contribution is 6.35. The Hall–Kier alpha value is -1.88. The number of halogens is 1. The summed E-state index contributed by atoms with van der Waals surface area (Å²) in [5.74, 6) is 1.66. The van der Waals surface area contributed by atoms with Gasteiger partial charge in [0.15, 0.2) is 5.82 Å². The van der Waals surface area contributed by atoms with E-state index in [1.807, 2.05) is 12.4 Å². The third-order valence-corrected chi connectivity index (χ3v) is 4.13. The normalized spacial score (nSPS) is 16.4. The molecule has 6 heteroatoms. The lowest BCUT2D eigenvalue weighted by atomic mass is 9.90. The number of piperidine rings is 1. The molecule has 2 aromatic rings. The number of aromatic nitrogens is 3. The fourth-order valence-corrected chi connectivity index (χ4v) is 2.87. The number of nitrogen functional groups attached to an aromatic ring is 1. The van der Waals surface area contributed by atoms with E-state index in [4.69, 9.17) is 17.3 Å². The van der Waals surface area contributed by atoms with E-state index in [2.05, 4.69) is 32.0 Å². The van der Waals surface area contributed by atoms with Gasteiger partial charge in [-0.1, -0.05) is 11.6 Å². The van der Waals surface area contributed by atoms with Crippen LogP contribution in [-0.4, -0.2) is 28.0 Å². The minimum absolute atomic E-state index is 0.341. The Balaban J connectivity index is 1.71. The first-order chi connectivity index (χ1) is 9.75. The molecule has 1 saturated heterocycles. The first kappa shape index (κ1) is 13.1. The Bertz CT molecular complexity index is 581. The summed E-state index contributed by atoms with van der Waals surface area (Å²) in [6.45, 7) is 1.84. The molecule has 20 heavy (non-hydrogen) atoms.